The number of rotatable bonds is 12. The van der Waals surface area contributed by atoms with Crippen molar-refractivity contribution in [1.29, 1.82) is 0 Å². The maximum Gasteiger partial charge on any atom is 0.251 e. The van der Waals surface area contributed by atoms with E-state index in [4.69, 9.17) is 21.1 Å². The van der Waals surface area contributed by atoms with E-state index >= 15 is 0 Å². The molecule has 29 heavy (non-hydrogen) atoms. The number of nitrogens with one attached hydrogen (secondary N) is 1. The number of hydrogen-bond acceptors (Lipinski definition) is 3. The van der Waals surface area contributed by atoms with Gasteiger partial charge >= 0.3 is 0 Å². The number of carbonyl (C=O) groups excluding carboxylic acids is 1. The second kappa shape index (κ2) is 13.2. The lowest BCUT2D eigenvalue weighted by Crippen LogP contribution is -2.45. The minimum atomic E-state index is -0.334. The summed E-state index contributed by atoms with van der Waals surface area (Å²) >= 11 is 5.84. The van der Waals surface area contributed by atoms with E-state index in [0.717, 1.165) is 12.0 Å². The first-order chi connectivity index (χ1) is 14.1. The number of ether oxygens (including phenoxy) is 2. The molecule has 2 rings (SSSR count). The standard InChI is InChI=1S/C24H30ClNO3/c1-19(2)16-22(26-24(27)21-12-7-4-8-13-21)23(14-9-15-25)29-18-28-17-20-10-5-3-6-11-20/h3-14,19,22-23H,15-18H2,1-2H3,(H,26,27)/b14-9+/t22-,23+/m0/s1. The van der Waals surface area contributed by atoms with Crippen LogP contribution in [0.25, 0.3) is 0 Å². The van der Waals surface area contributed by atoms with Crippen LogP contribution in [0.15, 0.2) is 72.8 Å². The summed E-state index contributed by atoms with van der Waals surface area (Å²) in [4.78, 5) is 12.7. The lowest BCUT2D eigenvalue weighted by atomic mass is 9.98. The highest BCUT2D eigenvalue weighted by atomic mass is 35.5. The fraction of sp³-hybridized carbons (Fsp3) is 0.375. The van der Waals surface area contributed by atoms with Gasteiger partial charge in [0.1, 0.15) is 6.79 Å². The van der Waals surface area contributed by atoms with Gasteiger partial charge in [-0.25, -0.2) is 0 Å². The van der Waals surface area contributed by atoms with Crippen molar-refractivity contribution in [2.75, 3.05) is 12.7 Å². The van der Waals surface area contributed by atoms with Crippen LogP contribution in [0.1, 0.15) is 36.2 Å². The number of carbonyl (C=O) groups is 1. The van der Waals surface area contributed by atoms with Crippen LogP contribution in [0.2, 0.25) is 0 Å². The predicted molar refractivity (Wildman–Crippen MR) is 118 cm³/mol. The number of hydrogen-bond donors (Lipinski definition) is 1. The normalized spacial score (nSPS) is 13.5. The van der Waals surface area contributed by atoms with Crippen molar-refractivity contribution in [2.24, 2.45) is 5.92 Å². The molecule has 0 aliphatic heterocycles. The molecule has 1 N–H and O–H groups in total. The van der Waals surface area contributed by atoms with E-state index in [1.165, 1.54) is 0 Å². The number of benzene rings is 2. The van der Waals surface area contributed by atoms with Crippen molar-refractivity contribution in [1.82, 2.24) is 5.32 Å². The summed E-state index contributed by atoms with van der Waals surface area (Å²) in [5.74, 6) is 0.650. The molecule has 0 bridgehead atoms. The first-order valence-electron chi connectivity index (χ1n) is 9.92. The molecule has 0 radical (unpaired) electrons. The number of amides is 1. The van der Waals surface area contributed by atoms with E-state index in [2.05, 4.69) is 19.2 Å². The van der Waals surface area contributed by atoms with Crippen molar-refractivity contribution in [2.45, 2.75) is 39.0 Å². The van der Waals surface area contributed by atoms with Crippen molar-refractivity contribution in [3.63, 3.8) is 0 Å². The molecule has 0 aromatic heterocycles. The molecule has 0 saturated heterocycles. The van der Waals surface area contributed by atoms with Crippen molar-refractivity contribution in [3.05, 3.63) is 83.9 Å². The lowest BCUT2D eigenvalue weighted by molar-refractivity contribution is -0.0913. The summed E-state index contributed by atoms with van der Waals surface area (Å²) in [5.41, 5.74) is 1.71. The van der Waals surface area contributed by atoms with Crippen LogP contribution < -0.4 is 5.32 Å². The van der Waals surface area contributed by atoms with Crippen molar-refractivity contribution < 1.29 is 14.3 Å². The molecule has 156 valence electrons. The second-order valence-electron chi connectivity index (χ2n) is 7.24. The minimum absolute atomic E-state index is 0.116. The van der Waals surface area contributed by atoms with Gasteiger partial charge in [-0.1, -0.05) is 74.5 Å². The fourth-order valence-electron chi connectivity index (χ4n) is 2.98. The Balaban J connectivity index is 2.00. The van der Waals surface area contributed by atoms with Crippen molar-refractivity contribution >= 4 is 17.5 Å². The minimum Gasteiger partial charge on any atom is -0.351 e. The average molecular weight is 416 g/mol. The van der Waals surface area contributed by atoms with Gasteiger partial charge in [-0.05, 0) is 30.0 Å². The first-order valence-corrected chi connectivity index (χ1v) is 10.5. The molecular formula is C24H30ClNO3. The molecule has 0 fully saturated rings. The molecular weight excluding hydrogens is 386 g/mol. The Bertz CT molecular complexity index is 734. The molecule has 2 aromatic rings. The molecule has 4 nitrogen and oxygen atoms in total. The third kappa shape index (κ3) is 8.82. The Labute approximate surface area is 178 Å². The van der Waals surface area contributed by atoms with Gasteiger partial charge in [0.05, 0.1) is 18.8 Å². The smallest absolute Gasteiger partial charge is 0.251 e. The first kappa shape index (κ1) is 23.1. The highest BCUT2D eigenvalue weighted by molar-refractivity contribution is 6.18. The quantitative estimate of drug-likeness (QED) is 0.225. The van der Waals surface area contributed by atoms with E-state index in [1.807, 2.05) is 60.7 Å². The summed E-state index contributed by atoms with van der Waals surface area (Å²) in [6.45, 7) is 4.84. The molecule has 2 aromatic carbocycles. The van der Waals surface area contributed by atoms with E-state index < -0.39 is 0 Å². The largest absolute Gasteiger partial charge is 0.351 e. The van der Waals surface area contributed by atoms with Gasteiger partial charge in [0.2, 0.25) is 0 Å². The van der Waals surface area contributed by atoms with Gasteiger partial charge in [0.15, 0.2) is 0 Å². The fourth-order valence-corrected chi connectivity index (χ4v) is 3.08. The summed E-state index contributed by atoms with van der Waals surface area (Å²) in [6.07, 6.45) is 4.18. The van der Waals surface area contributed by atoms with E-state index in [-0.39, 0.29) is 24.8 Å². The summed E-state index contributed by atoms with van der Waals surface area (Å²) in [5, 5.41) is 3.12. The number of alkyl halides is 1. The Morgan fingerprint density at radius 1 is 1.07 bits per heavy atom. The van der Waals surface area contributed by atoms with Crippen LogP contribution in [-0.2, 0) is 16.1 Å². The van der Waals surface area contributed by atoms with E-state index in [0.29, 0.717) is 24.0 Å². The van der Waals surface area contributed by atoms with Crippen LogP contribution in [0.4, 0.5) is 0 Å². The zero-order valence-corrected chi connectivity index (χ0v) is 17.8. The van der Waals surface area contributed by atoms with Gasteiger partial charge in [-0.15, -0.1) is 11.6 Å². The zero-order chi connectivity index (χ0) is 20.9. The monoisotopic (exact) mass is 415 g/mol. The van der Waals surface area contributed by atoms with E-state index in [1.54, 1.807) is 12.1 Å². The zero-order valence-electron chi connectivity index (χ0n) is 17.1. The summed E-state index contributed by atoms with van der Waals surface area (Å²) in [7, 11) is 0. The number of allylic oxidation sites excluding steroid dienone is 1. The topological polar surface area (TPSA) is 47.6 Å². The number of halogens is 1. The van der Waals surface area contributed by atoms with Crippen LogP contribution in [0.5, 0.6) is 0 Å². The Morgan fingerprint density at radius 2 is 1.72 bits per heavy atom. The second-order valence-corrected chi connectivity index (χ2v) is 7.55. The molecule has 0 spiro atoms. The molecule has 2 atom stereocenters. The van der Waals surface area contributed by atoms with Crippen LogP contribution in [-0.4, -0.2) is 30.7 Å². The molecule has 5 heteroatoms. The molecule has 1 amide bonds. The third-order valence-electron chi connectivity index (χ3n) is 4.34. The van der Waals surface area contributed by atoms with E-state index in [9.17, 15) is 4.79 Å². The summed E-state index contributed by atoms with van der Waals surface area (Å²) < 4.78 is 11.7. The molecule has 0 aliphatic carbocycles. The van der Waals surface area contributed by atoms with Gasteiger partial charge in [0.25, 0.3) is 5.91 Å². The Kier molecular flexibility index (Phi) is 10.5. The average Bonchev–Trinajstić information content (AvgIpc) is 2.74. The summed E-state index contributed by atoms with van der Waals surface area (Å²) in [6, 6.07) is 18.9. The third-order valence-corrected chi connectivity index (χ3v) is 4.52. The Morgan fingerprint density at radius 3 is 2.34 bits per heavy atom. The van der Waals surface area contributed by atoms with Gasteiger partial charge in [-0.3, -0.25) is 4.79 Å². The molecule has 0 aliphatic rings. The predicted octanol–water partition coefficient (Wildman–Crippen LogP) is 5.19. The van der Waals surface area contributed by atoms with Crippen LogP contribution in [0.3, 0.4) is 0 Å². The highest BCUT2D eigenvalue weighted by Gasteiger charge is 2.23. The van der Waals surface area contributed by atoms with Gasteiger partial charge < -0.3 is 14.8 Å². The Hall–Kier alpha value is -2.14. The maximum absolute atomic E-state index is 12.7. The molecule has 0 saturated carbocycles. The molecule has 0 unspecified atom stereocenters. The lowest BCUT2D eigenvalue weighted by Gasteiger charge is -2.27. The SMILES string of the molecule is CC(C)C[C@H](NC(=O)c1ccccc1)[C@@H](/C=C/CCl)OCOCc1ccccc1. The maximum atomic E-state index is 12.7. The van der Waals surface area contributed by atoms with Crippen molar-refractivity contribution in [3.8, 4) is 0 Å². The van der Waals surface area contributed by atoms with Crippen LogP contribution in [0, 0.1) is 5.92 Å². The van der Waals surface area contributed by atoms with Crippen LogP contribution >= 0.6 is 11.6 Å². The molecule has 0 heterocycles. The highest BCUT2D eigenvalue weighted by Crippen LogP contribution is 2.14. The van der Waals surface area contributed by atoms with Gasteiger partial charge in [-0.2, -0.15) is 0 Å². The van der Waals surface area contributed by atoms with Gasteiger partial charge in [0, 0.05) is 11.4 Å².